The zero-order chi connectivity index (χ0) is 32.4. The molecular formula is C37H42N6O2. The normalized spacial score (nSPS) is 12.8. The van der Waals surface area contributed by atoms with Crippen molar-refractivity contribution >= 4 is 68.3 Å². The van der Waals surface area contributed by atoms with Gasteiger partial charge in [0.25, 0.3) is 0 Å². The van der Waals surface area contributed by atoms with E-state index in [0.717, 1.165) is 89.4 Å². The van der Waals surface area contributed by atoms with Crippen molar-refractivity contribution in [2.24, 2.45) is 0 Å². The molecule has 2 amide bonds. The van der Waals surface area contributed by atoms with Gasteiger partial charge in [-0.3, -0.25) is 9.59 Å². The largest absolute Gasteiger partial charge is 0.359 e. The molecule has 5 rings (SSSR count). The van der Waals surface area contributed by atoms with Crippen LogP contribution in [-0.4, -0.2) is 45.3 Å². The van der Waals surface area contributed by atoms with Crippen molar-refractivity contribution in [3.05, 3.63) is 82.5 Å². The van der Waals surface area contributed by atoms with Gasteiger partial charge < -0.3 is 20.6 Å². The molecule has 0 spiro atoms. The summed E-state index contributed by atoms with van der Waals surface area (Å²) >= 11 is 0. The van der Waals surface area contributed by atoms with Crippen molar-refractivity contribution in [2.45, 2.75) is 60.3 Å². The maximum absolute atomic E-state index is 12.5. The van der Waals surface area contributed by atoms with Gasteiger partial charge in [-0.15, -0.1) is 0 Å². The Hall–Kier alpha value is -4.98. The molecule has 2 aliphatic heterocycles. The molecule has 0 unspecified atom stereocenters. The molecule has 3 aromatic rings. The first-order valence-corrected chi connectivity index (χ1v) is 15.5. The minimum Gasteiger partial charge on any atom is -0.359 e. The van der Waals surface area contributed by atoms with E-state index in [9.17, 15) is 9.59 Å². The highest BCUT2D eigenvalue weighted by atomic mass is 16.2. The van der Waals surface area contributed by atoms with Crippen LogP contribution >= 0.6 is 0 Å². The molecule has 0 saturated carbocycles. The molecule has 0 saturated heterocycles. The van der Waals surface area contributed by atoms with Crippen LogP contribution < -0.4 is 10.6 Å². The van der Waals surface area contributed by atoms with E-state index in [2.05, 4.69) is 79.7 Å². The topological polar surface area (TPSA) is 116 Å². The molecule has 3 aromatic heterocycles. The molecule has 2 aliphatic rings. The van der Waals surface area contributed by atoms with E-state index in [0.29, 0.717) is 32.2 Å². The number of carbonyl (C=O) groups excluding carboxylic acids is 2. The summed E-state index contributed by atoms with van der Waals surface area (Å²) in [5.41, 5.74) is 15.2. The Morgan fingerprint density at radius 1 is 0.711 bits per heavy atom. The number of fused-ring (bicyclic) bond motifs is 8. The number of nitrogens with zero attached hydrogens (tertiary/aromatic N) is 2. The highest BCUT2D eigenvalue weighted by Crippen LogP contribution is 2.38. The fourth-order valence-electron chi connectivity index (χ4n) is 6.19. The first kappa shape index (κ1) is 31.4. The smallest absolute Gasteiger partial charge is 0.220 e. The number of carbonyl (C=O) groups is 2. The molecule has 8 heteroatoms. The molecule has 5 heterocycles. The average molecular weight is 603 g/mol. The molecule has 0 atom stereocenters. The van der Waals surface area contributed by atoms with Crippen LogP contribution in [0.4, 0.5) is 0 Å². The van der Waals surface area contributed by atoms with Gasteiger partial charge in [-0.2, -0.15) is 0 Å². The molecule has 0 aromatic carbocycles. The summed E-state index contributed by atoms with van der Waals surface area (Å²) in [5, 5.41) is 5.64. The number of allylic oxidation sites excluding steroid dienone is 4. The first-order valence-electron chi connectivity index (χ1n) is 15.5. The lowest BCUT2D eigenvalue weighted by molar-refractivity contribution is -0.121. The van der Waals surface area contributed by atoms with Gasteiger partial charge >= 0.3 is 0 Å². The number of aromatic amines is 2. The van der Waals surface area contributed by atoms with Crippen LogP contribution in [0.1, 0.15) is 91.5 Å². The van der Waals surface area contributed by atoms with Crippen LogP contribution in [0, 0.1) is 13.8 Å². The summed E-state index contributed by atoms with van der Waals surface area (Å²) < 4.78 is 0. The first-order chi connectivity index (χ1) is 21.6. The van der Waals surface area contributed by atoms with Crippen molar-refractivity contribution in [1.82, 2.24) is 30.6 Å². The number of hydrogen-bond acceptors (Lipinski definition) is 4. The third-order valence-corrected chi connectivity index (χ3v) is 8.90. The lowest BCUT2D eigenvalue weighted by Gasteiger charge is -2.07. The number of aromatic nitrogens is 4. The van der Waals surface area contributed by atoms with Crippen LogP contribution in [0.2, 0.25) is 0 Å². The number of H-pyrrole nitrogens is 2. The van der Waals surface area contributed by atoms with Crippen molar-refractivity contribution in [1.29, 1.82) is 0 Å². The van der Waals surface area contributed by atoms with Gasteiger partial charge in [0.2, 0.25) is 11.8 Å². The Labute approximate surface area is 264 Å². The van der Waals surface area contributed by atoms with E-state index in [1.165, 1.54) is 0 Å². The molecule has 0 radical (unpaired) electrons. The van der Waals surface area contributed by atoms with Gasteiger partial charge in [-0.05, 0) is 105 Å². The molecule has 232 valence electrons. The fraction of sp³-hybridized carbons (Fsp3) is 0.297. The molecule has 4 N–H and O–H groups in total. The second-order valence-electron chi connectivity index (χ2n) is 11.6. The Balaban J connectivity index is 1.87. The summed E-state index contributed by atoms with van der Waals surface area (Å²) in [4.78, 5) is 42.2. The number of aryl methyl sites for hydroxylation is 2. The monoisotopic (exact) mass is 602 g/mol. The quantitative estimate of drug-likeness (QED) is 0.203. The number of nitrogens with one attached hydrogen (secondary N) is 4. The van der Waals surface area contributed by atoms with E-state index >= 15 is 0 Å². The standard InChI is InChI=1S/C37H42N6O2/c1-9-24-20(4)28-16-29-22(6)27(13-15-37(45)39-11-3)35(42-29)19-34-26(12-14-36(44)38-8)23(7)31(43-34)18-33-25(10-2)21(5)30(41-33)17-32(24)40-28/h9-10,16-19,40-41H,1-2,11-15H2,3-8H3,(H,38,44)(H,39,45). The maximum Gasteiger partial charge on any atom is 0.220 e. The Kier molecular flexibility index (Phi) is 9.04. The SMILES string of the molecule is C=Cc1c(C)c2cc3[nH]c(cc4nc(cc5nc(cc1[nH]2)C(C)=C5CCC(=O)NC)C(CCC(=O)NCC)=C4C)c(C)c3C=C. The summed E-state index contributed by atoms with van der Waals surface area (Å²) in [6.45, 7) is 19.0. The summed E-state index contributed by atoms with van der Waals surface area (Å²) in [5.74, 6) is -0.0198. The summed E-state index contributed by atoms with van der Waals surface area (Å²) in [6, 6.07) is 8.26. The van der Waals surface area contributed by atoms with Crippen LogP contribution in [0.15, 0.2) is 37.4 Å². The lowest BCUT2D eigenvalue weighted by atomic mass is 9.98. The number of hydrogen-bond donors (Lipinski definition) is 4. The van der Waals surface area contributed by atoms with Crippen molar-refractivity contribution in [3.63, 3.8) is 0 Å². The Morgan fingerprint density at radius 2 is 1.18 bits per heavy atom. The maximum atomic E-state index is 12.5. The van der Waals surface area contributed by atoms with Gasteiger partial charge in [0.15, 0.2) is 0 Å². The number of rotatable bonds is 9. The molecule has 0 fully saturated rings. The minimum absolute atomic E-state index is 0.00729. The highest BCUT2D eigenvalue weighted by molar-refractivity contribution is 5.97. The van der Waals surface area contributed by atoms with Crippen LogP contribution in [0.5, 0.6) is 0 Å². The van der Waals surface area contributed by atoms with Crippen LogP contribution in [-0.2, 0) is 9.59 Å². The second-order valence-corrected chi connectivity index (χ2v) is 11.6. The molecule has 8 nitrogen and oxygen atoms in total. The van der Waals surface area contributed by atoms with E-state index in [1.54, 1.807) is 7.05 Å². The Bertz CT molecular complexity index is 1970. The van der Waals surface area contributed by atoms with E-state index < -0.39 is 0 Å². The van der Waals surface area contributed by atoms with E-state index in [-0.39, 0.29) is 11.8 Å². The van der Waals surface area contributed by atoms with Gasteiger partial charge in [0, 0.05) is 59.6 Å². The van der Waals surface area contributed by atoms with Crippen molar-refractivity contribution < 1.29 is 9.59 Å². The van der Waals surface area contributed by atoms with Gasteiger partial charge in [0.05, 0.1) is 22.8 Å². The summed E-state index contributed by atoms with van der Waals surface area (Å²) in [7, 11) is 1.65. The number of amides is 2. The minimum atomic E-state index is -0.0271. The van der Waals surface area contributed by atoms with Crippen molar-refractivity contribution in [3.8, 4) is 0 Å². The molecular weight excluding hydrogens is 560 g/mol. The lowest BCUT2D eigenvalue weighted by Crippen LogP contribution is -2.22. The third-order valence-electron chi connectivity index (χ3n) is 8.90. The molecule has 0 aliphatic carbocycles. The predicted molar refractivity (Wildman–Crippen MR) is 187 cm³/mol. The van der Waals surface area contributed by atoms with Crippen LogP contribution in [0.25, 0.3) is 56.5 Å². The highest BCUT2D eigenvalue weighted by Gasteiger charge is 2.22. The average Bonchev–Trinajstić information content (AvgIpc) is 3.68. The van der Waals surface area contributed by atoms with E-state index in [4.69, 9.17) is 9.97 Å². The Morgan fingerprint density at radius 3 is 1.67 bits per heavy atom. The zero-order valence-electron chi connectivity index (χ0n) is 27.1. The fourth-order valence-corrected chi connectivity index (χ4v) is 6.19. The van der Waals surface area contributed by atoms with Crippen LogP contribution in [0.3, 0.4) is 0 Å². The third kappa shape index (κ3) is 6.05. The second kappa shape index (κ2) is 12.9. The summed E-state index contributed by atoms with van der Waals surface area (Å²) in [6.07, 6.45) is 5.53. The van der Waals surface area contributed by atoms with Gasteiger partial charge in [-0.25, -0.2) is 9.97 Å². The molecule has 8 bridgehead atoms. The van der Waals surface area contributed by atoms with Crippen molar-refractivity contribution in [2.75, 3.05) is 13.6 Å². The predicted octanol–water partition coefficient (Wildman–Crippen LogP) is 7.52. The van der Waals surface area contributed by atoms with E-state index in [1.807, 2.05) is 25.1 Å². The van der Waals surface area contributed by atoms with Gasteiger partial charge in [-0.1, -0.05) is 25.3 Å². The van der Waals surface area contributed by atoms with Gasteiger partial charge in [0.1, 0.15) is 0 Å². The zero-order valence-corrected chi connectivity index (χ0v) is 27.1. The molecule has 45 heavy (non-hydrogen) atoms.